The molecule has 0 aliphatic carbocycles. The zero-order valence-corrected chi connectivity index (χ0v) is 12.9. The molecule has 3 aromatic rings. The zero-order chi connectivity index (χ0) is 14.8. The van der Waals surface area contributed by atoms with Crippen LogP contribution in [-0.4, -0.2) is 15.2 Å². The van der Waals surface area contributed by atoms with E-state index >= 15 is 0 Å². The molecular weight excluding hydrogens is 284 g/mol. The Morgan fingerprint density at radius 1 is 1.29 bits per heavy atom. The van der Waals surface area contributed by atoms with Gasteiger partial charge in [0.1, 0.15) is 0 Å². The molecule has 1 atom stereocenters. The van der Waals surface area contributed by atoms with Crippen molar-refractivity contribution in [2.24, 2.45) is 0 Å². The van der Waals surface area contributed by atoms with Gasteiger partial charge in [0.2, 0.25) is 12.3 Å². The Hall–Kier alpha value is -2.21. The van der Waals surface area contributed by atoms with Crippen LogP contribution in [0, 0.1) is 13.8 Å². The molecule has 0 spiro atoms. The summed E-state index contributed by atoms with van der Waals surface area (Å²) in [6, 6.07) is 8.08. The normalized spacial score (nSPS) is 12.3. The van der Waals surface area contributed by atoms with Gasteiger partial charge in [0.05, 0.1) is 16.7 Å². The van der Waals surface area contributed by atoms with Gasteiger partial charge < -0.3 is 9.73 Å². The van der Waals surface area contributed by atoms with Crippen LogP contribution < -0.4 is 5.32 Å². The molecule has 0 bridgehead atoms. The average molecular weight is 300 g/mol. The smallest absolute Gasteiger partial charge is 0.247 e. The number of benzene rings is 1. The number of thiazole rings is 1. The highest BCUT2D eigenvalue weighted by atomic mass is 32.1. The van der Waals surface area contributed by atoms with Gasteiger partial charge in [-0.1, -0.05) is 6.07 Å². The van der Waals surface area contributed by atoms with Gasteiger partial charge in [0.25, 0.3) is 0 Å². The summed E-state index contributed by atoms with van der Waals surface area (Å²) in [5.41, 5.74) is 3.00. The maximum absolute atomic E-state index is 5.23. The first-order valence-corrected chi connectivity index (χ1v) is 7.52. The van der Waals surface area contributed by atoms with E-state index in [2.05, 4.69) is 34.3 Å². The Morgan fingerprint density at radius 3 is 2.81 bits per heavy atom. The van der Waals surface area contributed by atoms with Crippen molar-refractivity contribution >= 4 is 17.0 Å². The molecule has 0 saturated heterocycles. The predicted molar refractivity (Wildman–Crippen MR) is 83.4 cm³/mol. The molecule has 21 heavy (non-hydrogen) atoms. The number of nitrogens with zero attached hydrogens (tertiary/aromatic N) is 3. The van der Waals surface area contributed by atoms with E-state index in [0.717, 1.165) is 22.0 Å². The van der Waals surface area contributed by atoms with Crippen LogP contribution in [0.5, 0.6) is 0 Å². The largest absolute Gasteiger partial charge is 0.423 e. The quantitative estimate of drug-likeness (QED) is 0.789. The van der Waals surface area contributed by atoms with E-state index in [1.54, 1.807) is 11.3 Å². The van der Waals surface area contributed by atoms with Crippen molar-refractivity contribution in [1.29, 1.82) is 0 Å². The van der Waals surface area contributed by atoms with Crippen molar-refractivity contribution in [2.75, 3.05) is 5.32 Å². The Bertz CT molecular complexity index is 736. The summed E-state index contributed by atoms with van der Waals surface area (Å²) in [5.74, 6) is 0.520. The van der Waals surface area contributed by atoms with E-state index < -0.39 is 0 Å². The topological polar surface area (TPSA) is 63.8 Å². The third kappa shape index (κ3) is 2.95. The fraction of sp³-hybridized carbons (Fsp3) is 0.267. The lowest BCUT2D eigenvalue weighted by Gasteiger charge is -2.14. The Morgan fingerprint density at radius 2 is 2.14 bits per heavy atom. The first kappa shape index (κ1) is 13.8. The molecule has 0 aliphatic heterocycles. The van der Waals surface area contributed by atoms with E-state index in [0.29, 0.717) is 5.89 Å². The lowest BCUT2D eigenvalue weighted by molar-refractivity contribution is 0.568. The minimum atomic E-state index is 0.146. The monoisotopic (exact) mass is 300 g/mol. The second-order valence-corrected chi connectivity index (χ2v) is 6.27. The molecule has 3 rings (SSSR count). The van der Waals surface area contributed by atoms with Crippen molar-refractivity contribution in [1.82, 2.24) is 15.2 Å². The molecule has 0 aliphatic rings. The van der Waals surface area contributed by atoms with Gasteiger partial charge in [-0.15, -0.1) is 21.5 Å². The van der Waals surface area contributed by atoms with Crippen LogP contribution >= 0.6 is 11.3 Å². The van der Waals surface area contributed by atoms with Crippen molar-refractivity contribution in [3.63, 3.8) is 0 Å². The molecular formula is C15H16N4OS. The number of hydrogen-bond donors (Lipinski definition) is 1. The zero-order valence-electron chi connectivity index (χ0n) is 12.1. The molecule has 0 fully saturated rings. The van der Waals surface area contributed by atoms with Crippen LogP contribution in [0.4, 0.5) is 5.69 Å². The number of aryl methyl sites for hydroxylation is 2. The van der Waals surface area contributed by atoms with E-state index in [4.69, 9.17) is 4.42 Å². The van der Waals surface area contributed by atoms with Gasteiger partial charge in [-0.25, -0.2) is 4.98 Å². The van der Waals surface area contributed by atoms with Crippen molar-refractivity contribution in [2.45, 2.75) is 26.8 Å². The summed E-state index contributed by atoms with van der Waals surface area (Å²) in [7, 11) is 0. The maximum atomic E-state index is 5.23. The lowest BCUT2D eigenvalue weighted by atomic mass is 10.1. The molecule has 0 radical (unpaired) electrons. The van der Waals surface area contributed by atoms with Crippen molar-refractivity contribution in [3.05, 3.63) is 46.2 Å². The summed E-state index contributed by atoms with van der Waals surface area (Å²) >= 11 is 1.72. The summed E-state index contributed by atoms with van der Waals surface area (Å²) in [6.45, 7) is 6.25. The predicted octanol–water partition coefficient (Wildman–Crippen LogP) is 3.98. The second-order valence-electron chi connectivity index (χ2n) is 4.87. The Kier molecular flexibility index (Phi) is 3.70. The fourth-order valence-electron chi connectivity index (χ4n) is 2.31. The van der Waals surface area contributed by atoms with Gasteiger partial charge in [0.15, 0.2) is 0 Å². The standard InChI is InChI=1S/C15H16N4OS/c1-9(14-10(2)21-11(3)18-14)17-13-6-4-5-12(7-13)15-19-16-8-20-15/h4-9,17H,1-3H3. The SMILES string of the molecule is Cc1nc(C(C)Nc2cccc(-c3nnco3)c2)c(C)s1. The van der Waals surface area contributed by atoms with Gasteiger partial charge in [0, 0.05) is 16.1 Å². The second kappa shape index (κ2) is 5.65. The molecule has 0 amide bonds. The number of hydrogen-bond acceptors (Lipinski definition) is 6. The Labute approximate surface area is 127 Å². The van der Waals surface area contributed by atoms with Crippen LogP contribution in [0.1, 0.15) is 28.5 Å². The van der Waals surface area contributed by atoms with E-state index in [-0.39, 0.29) is 6.04 Å². The highest BCUT2D eigenvalue weighted by molar-refractivity contribution is 7.11. The summed E-state index contributed by atoms with van der Waals surface area (Å²) in [4.78, 5) is 5.84. The highest BCUT2D eigenvalue weighted by Crippen LogP contribution is 2.27. The van der Waals surface area contributed by atoms with Crippen molar-refractivity contribution in [3.8, 4) is 11.5 Å². The summed E-state index contributed by atoms with van der Waals surface area (Å²) < 4.78 is 5.23. The van der Waals surface area contributed by atoms with Gasteiger partial charge >= 0.3 is 0 Å². The molecule has 5 nitrogen and oxygen atoms in total. The molecule has 1 N–H and O–H groups in total. The third-order valence-corrected chi connectivity index (χ3v) is 4.10. The first-order valence-electron chi connectivity index (χ1n) is 6.70. The van der Waals surface area contributed by atoms with Crippen LogP contribution in [0.15, 0.2) is 35.1 Å². The maximum Gasteiger partial charge on any atom is 0.247 e. The molecule has 2 aromatic heterocycles. The van der Waals surface area contributed by atoms with Crippen LogP contribution in [0.2, 0.25) is 0 Å². The first-order chi connectivity index (χ1) is 10.1. The van der Waals surface area contributed by atoms with Gasteiger partial charge in [-0.2, -0.15) is 0 Å². The van der Waals surface area contributed by atoms with Gasteiger partial charge in [-0.3, -0.25) is 0 Å². The molecule has 1 unspecified atom stereocenters. The summed E-state index contributed by atoms with van der Waals surface area (Å²) in [5, 5.41) is 12.2. The highest BCUT2D eigenvalue weighted by Gasteiger charge is 2.13. The fourth-order valence-corrected chi connectivity index (χ4v) is 3.22. The number of aromatic nitrogens is 3. The minimum Gasteiger partial charge on any atom is -0.423 e. The van der Waals surface area contributed by atoms with E-state index in [9.17, 15) is 0 Å². The molecule has 2 heterocycles. The summed E-state index contributed by atoms with van der Waals surface area (Å²) in [6.07, 6.45) is 1.33. The number of nitrogens with one attached hydrogen (secondary N) is 1. The Balaban J connectivity index is 1.82. The van der Waals surface area contributed by atoms with Gasteiger partial charge in [-0.05, 0) is 39.0 Å². The van der Waals surface area contributed by atoms with Crippen LogP contribution in [0.3, 0.4) is 0 Å². The van der Waals surface area contributed by atoms with Crippen molar-refractivity contribution < 1.29 is 4.42 Å². The average Bonchev–Trinajstić information content (AvgIpc) is 3.08. The third-order valence-electron chi connectivity index (χ3n) is 3.20. The minimum absolute atomic E-state index is 0.146. The number of anilines is 1. The number of rotatable bonds is 4. The van der Waals surface area contributed by atoms with Crippen LogP contribution in [-0.2, 0) is 0 Å². The molecule has 6 heteroatoms. The molecule has 108 valence electrons. The van der Waals surface area contributed by atoms with E-state index in [1.165, 1.54) is 11.3 Å². The van der Waals surface area contributed by atoms with E-state index in [1.807, 2.05) is 31.2 Å². The molecule has 1 aromatic carbocycles. The molecule has 0 saturated carbocycles. The lowest BCUT2D eigenvalue weighted by Crippen LogP contribution is -2.08. The van der Waals surface area contributed by atoms with Crippen LogP contribution in [0.25, 0.3) is 11.5 Å².